The first-order valence-corrected chi connectivity index (χ1v) is 8.21. The number of nitrogens with one attached hydrogen (secondary N) is 2. The summed E-state index contributed by atoms with van der Waals surface area (Å²) >= 11 is 0. The highest BCUT2D eigenvalue weighted by molar-refractivity contribution is 5.99. The van der Waals surface area contributed by atoms with Gasteiger partial charge >= 0.3 is 0 Å². The van der Waals surface area contributed by atoms with Gasteiger partial charge in [0.25, 0.3) is 5.91 Å². The van der Waals surface area contributed by atoms with Crippen molar-refractivity contribution in [3.63, 3.8) is 0 Å². The highest BCUT2D eigenvalue weighted by Gasteiger charge is 2.13. The Morgan fingerprint density at radius 1 is 0.815 bits per heavy atom. The van der Waals surface area contributed by atoms with E-state index in [0.29, 0.717) is 11.8 Å². The molecule has 2 N–H and O–H groups in total. The van der Waals surface area contributed by atoms with Gasteiger partial charge in [-0.15, -0.1) is 0 Å². The van der Waals surface area contributed by atoms with E-state index in [2.05, 4.69) is 10.6 Å². The predicted octanol–water partition coefficient (Wildman–Crippen LogP) is 4.00. The molecule has 3 aromatic rings. The van der Waals surface area contributed by atoms with Crippen LogP contribution in [0.5, 0.6) is 0 Å². The van der Waals surface area contributed by atoms with Gasteiger partial charge in [-0.2, -0.15) is 0 Å². The van der Waals surface area contributed by atoms with Crippen LogP contribution in [0.2, 0.25) is 0 Å². The van der Waals surface area contributed by atoms with Gasteiger partial charge in [-0.05, 0) is 35.4 Å². The molecule has 0 atom stereocenters. The van der Waals surface area contributed by atoms with Crippen LogP contribution in [0.15, 0.2) is 72.8 Å². The van der Waals surface area contributed by atoms with E-state index in [1.54, 1.807) is 12.1 Å². The molecule has 6 heteroatoms. The van der Waals surface area contributed by atoms with Gasteiger partial charge in [-0.3, -0.25) is 9.59 Å². The van der Waals surface area contributed by atoms with E-state index < -0.39 is 23.4 Å². The summed E-state index contributed by atoms with van der Waals surface area (Å²) in [7, 11) is 0. The Bertz CT molecular complexity index is 958. The SMILES string of the molecule is O=C(CNC(=O)c1ccc(F)cc1F)Nc1ccc(-c2ccccc2)cc1. The number of benzene rings is 3. The first kappa shape index (κ1) is 18.3. The first-order valence-electron chi connectivity index (χ1n) is 8.21. The second-order valence-electron chi connectivity index (χ2n) is 5.80. The van der Waals surface area contributed by atoms with Crippen molar-refractivity contribution in [1.82, 2.24) is 5.32 Å². The minimum atomic E-state index is -0.982. The molecule has 0 unspecified atom stereocenters. The van der Waals surface area contributed by atoms with Crippen molar-refractivity contribution in [1.29, 1.82) is 0 Å². The average molecular weight is 366 g/mol. The van der Waals surface area contributed by atoms with Crippen molar-refractivity contribution in [3.8, 4) is 11.1 Å². The Morgan fingerprint density at radius 3 is 2.15 bits per heavy atom. The lowest BCUT2D eigenvalue weighted by molar-refractivity contribution is -0.115. The Labute approximate surface area is 154 Å². The number of halogens is 2. The van der Waals surface area contributed by atoms with E-state index >= 15 is 0 Å². The molecule has 3 rings (SSSR count). The van der Waals surface area contributed by atoms with Crippen molar-refractivity contribution < 1.29 is 18.4 Å². The molecule has 0 aliphatic rings. The van der Waals surface area contributed by atoms with Crippen LogP contribution in [0, 0.1) is 11.6 Å². The number of amides is 2. The molecule has 0 fully saturated rings. The summed E-state index contributed by atoms with van der Waals surface area (Å²) in [6.07, 6.45) is 0. The van der Waals surface area contributed by atoms with Crippen LogP contribution < -0.4 is 10.6 Å². The summed E-state index contributed by atoms with van der Waals surface area (Å²) in [6, 6.07) is 19.7. The minimum Gasteiger partial charge on any atom is -0.343 e. The molecule has 0 spiro atoms. The maximum Gasteiger partial charge on any atom is 0.254 e. The zero-order valence-electron chi connectivity index (χ0n) is 14.2. The van der Waals surface area contributed by atoms with Crippen molar-refractivity contribution >= 4 is 17.5 Å². The third-order valence-electron chi connectivity index (χ3n) is 3.86. The molecule has 2 amide bonds. The van der Waals surface area contributed by atoms with Crippen LogP contribution in [0.3, 0.4) is 0 Å². The third-order valence-corrected chi connectivity index (χ3v) is 3.86. The summed E-state index contributed by atoms with van der Waals surface area (Å²) < 4.78 is 26.4. The van der Waals surface area contributed by atoms with Gasteiger partial charge in [0.2, 0.25) is 5.91 Å². The molecule has 0 aliphatic heterocycles. The molecule has 0 radical (unpaired) electrons. The van der Waals surface area contributed by atoms with Gasteiger partial charge in [0.15, 0.2) is 0 Å². The standard InChI is InChI=1S/C21H16F2N2O2/c22-16-8-11-18(19(23)12-16)21(27)24-13-20(26)25-17-9-6-15(7-10-17)14-4-2-1-3-5-14/h1-12H,13H2,(H,24,27)(H,25,26). The van der Waals surface area contributed by atoms with Crippen LogP contribution in [-0.4, -0.2) is 18.4 Å². The van der Waals surface area contributed by atoms with E-state index in [0.717, 1.165) is 23.3 Å². The minimum absolute atomic E-state index is 0.323. The zero-order valence-corrected chi connectivity index (χ0v) is 14.2. The lowest BCUT2D eigenvalue weighted by Crippen LogP contribution is -2.33. The number of anilines is 1. The molecule has 0 saturated carbocycles. The maximum absolute atomic E-state index is 13.5. The summed E-state index contributed by atoms with van der Waals surface area (Å²) in [5.74, 6) is -3.01. The van der Waals surface area contributed by atoms with E-state index in [1.165, 1.54) is 0 Å². The quantitative estimate of drug-likeness (QED) is 0.717. The predicted molar refractivity (Wildman–Crippen MR) is 99.2 cm³/mol. The van der Waals surface area contributed by atoms with Gasteiger partial charge in [0.05, 0.1) is 12.1 Å². The molecule has 0 saturated heterocycles. The molecule has 0 aliphatic carbocycles. The van der Waals surface area contributed by atoms with Gasteiger partial charge in [0.1, 0.15) is 11.6 Å². The molecule has 136 valence electrons. The highest BCUT2D eigenvalue weighted by Crippen LogP contribution is 2.20. The van der Waals surface area contributed by atoms with Crippen molar-refractivity contribution in [3.05, 3.63) is 90.0 Å². The van der Waals surface area contributed by atoms with E-state index in [-0.39, 0.29) is 12.1 Å². The Balaban J connectivity index is 1.55. The van der Waals surface area contributed by atoms with Crippen molar-refractivity contribution in [2.45, 2.75) is 0 Å². The molecule has 0 aromatic heterocycles. The number of hydrogen-bond donors (Lipinski definition) is 2. The van der Waals surface area contributed by atoms with Gasteiger partial charge in [-0.25, -0.2) is 8.78 Å². The number of carbonyl (C=O) groups is 2. The van der Waals surface area contributed by atoms with Crippen LogP contribution >= 0.6 is 0 Å². The molecule has 27 heavy (non-hydrogen) atoms. The van der Waals surface area contributed by atoms with E-state index in [4.69, 9.17) is 0 Å². The zero-order chi connectivity index (χ0) is 19.2. The monoisotopic (exact) mass is 366 g/mol. The summed E-state index contributed by atoms with van der Waals surface area (Å²) in [4.78, 5) is 23.8. The fourth-order valence-corrected chi connectivity index (χ4v) is 2.51. The smallest absolute Gasteiger partial charge is 0.254 e. The molecule has 4 nitrogen and oxygen atoms in total. The molecule has 0 heterocycles. The summed E-state index contributed by atoms with van der Waals surface area (Å²) in [6.45, 7) is -0.337. The second-order valence-corrected chi connectivity index (χ2v) is 5.80. The van der Waals surface area contributed by atoms with Gasteiger partial charge in [-0.1, -0.05) is 42.5 Å². The largest absolute Gasteiger partial charge is 0.343 e. The molecular weight excluding hydrogens is 350 g/mol. The normalized spacial score (nSPS) is 10.3. The first-order chi connectivity index (χ1) is 13.0. The van der Waals surface area contributed by atoms with Gasteiger partial charge < -0.3 is 10.6 Å². The van der Waals surface area contributed by atoms with Crippen molar-refractivity contribution in [2.24, 2.45) is 0 Å². The van der Waals surface area contributed by atoms with E-state index in [1.807, 2.05) is 42.5 Å². The fourth-order valence-electron chi connectivity index (χ4n) is 2.51. The second kappa shape index (κ2) is 8.23. The van der Waals surface area contributed by atoms with E-state index in [9.17, 15) is 18.4 Å². The van der Waals surface area contributed by atoms with Crippen LogP contribution in [0.4, 0.5) is 14.5 Å². The van der Waals surface area contributed by atoms with Gasteiger partial charge in [0, 0.05) is 11.8 Å². The molecular formula is C21H16F2N2O2. The number of rotatable bonds is 5. The molecule has 3 aromatic carbocycles. The van der Waals surface area contributed by atoms with Crippen LogP contribution in [0.25, 0.3) is 11.1 Å². The molecule has 0 bridgehead atoms. The van der Waals surface area contributed by atoms with Crippen LogP contribution in [-0.2, 0) is 4.79 Å². The summed E-state index contributed by atoms with van der Waals surface area (Å²) in [5, 5.41) is 4.95. The lowest BCUT2D eigenvalue weighted by Gasteiger charge is -2.08. The Morgan fingerprint density at radius 2 is 1.48 bits per heavy atom. The lowest BCUT2D eigenvalue weighted by atomic mass is 10.1. The van der Waals surface area contributed by atoms with Crippen molar-refractivity contribution in [2.75, 3.05) is 11.9 Å². The number of hydrogen-bond acceptors (Lipinski definition) is 2. The topological polar surface area (TPSA) is 58.2 Å². The van der Waals surface area contributed by atoms with Crippen LogP contribution in [0.1, 0.15) is 10.4 Å². The summed E-state index contributed by atoms with van der Waals surface area (Å²) in [5.41, 5.74) is 2.32. The maximum atomic E-state index is 13.5. The highest BCUT2D eigenvalue weighted by atomic mass is 19.1. The third kappa shape index (κ3) is 4.76. The average Bonchev–Trinajstić information content (AvgIpc) is 2.67. The Hall–Kier alpha value is -3.54. The fraction of sp³-hybridized carbons (Fsp3) is 0.0476. The number of carbonyl (C=O) groups excluding carboxylic acids is 2. The Kier molecular flexibility index (Phi) is 5.56.